The molecule has 118 valence electrons. The van der Waals surface area contributed by atoms with Crippen LogP contribution in [0.5, 0.6) is 5.75 Å². The van der Waals surface area contributed by atoms with Gasteiger partial charge in [0.25, 0.3) is 0 Å². The molecule has 2 fully saturated rings. The number of anilines is 1. The number of carbonyl (C=O) groups excluding carboxylic acids is 1. The molecule has 2 aliphatic rings. The van der Waals surface area contributed by atoms with Crippen molar-refractivity contribution in [2.45, 2.75) is 32.1 Å². The predicted octanol–water partition coefficient (Wildman–Crippen LogP) is 2.91. The van der Waals surface area contributed by atoms with E-state index in [0.717, 1.165) is 18.0 Å². The van der Waals surface area contributed by atoms with Crippen LogP contribution in [0.4, 0.5) is 5.69 Å². The van der Waals surface area contributed by atoms with Gasteiger partial charge in [-0.2, -0.15) is 0 Å². The summed E-state index contributed by atoms with van der Waals surface area (Å²) >= 11 is 0. The molecular weight excluding hydrogens is 282 g/mol. The maximum atomic E-state index is 12.2. The molecule has 0 unspecified atom stereocenters. The molecule has 0 radical (unpaired) electrons. The van der Waals surface area contributed by atoms with Gasteiger partial charge in [0, 0.05) is 11.6 Å². The third-order valence-electron chi connectivity index (χ3n) is 4.46. The van der Waals surface area contributed by atoms with E-state index in [-0.39, 0.29) is 17.7 Å². The van der Waals surface area contributed by atoms with Crippen molar-refractivity contribution >= 4 is 17.6 Å². The number of hydrogen-bond donors (Lipinski definition) is 2. The van der Waals surface area contributed by atoms with Crippen LogP contribution >= 0.6 is 0 Å². The minimum Gasteiger partial charge on any atom is -0.493 e. The Bertz CT molecular complexity index is 550. The highest BCUT2D eigenvalue weighted by atomic mass is 16.5. The van der Waals surface area contributed by atoms with E-state index in [1.165, 1.54) is 12.8 Å². The molecule has 22 heavy (non-hydrogen) atoms. The number of carboxylic acids is 1. The molecule has 1 aromatic carbocycles. The fourth-order valence-electron chi connectivity index (χ4n) is 2.82. The molecular formula is C17H21NO4. The molecule has 5 heteroatoms. The van der Waals surface area contributed by atoms with E-state index < -0.39 is 5.97 Å². The van der Waals surface area contributed by atoms with Gasteiger partial charge in [0.15, 0.2) is 0 Å². The minimum atomic E-state index is -0.799. The Balaban J connectivity index is 1.49. The van der Waals surface area contributed by atoms with Crippen LogP contribution in [0.2, 0.25) is 0 Å². The smallest absolute Gasteiger partial charge is 0.306 e. The maximum absolute atomic E-state index is 12.2. The monoisotopic (exact) mass is 303 g/mol. The zero-order valence-corrected chi connectivity index (χ0v) is 12.5. The number of amides is 1. The summed E-state index contributed by atoms with van der Waals surface area (Å²) in [6, 6.07) is 7.35. The summed E-state index contributed by atoms with van der Waals surface area (Å²) in [6.45, 7) is 0.768. The van der Waals surface area contributed by atoms with Gasteiger partial charge in [-0.1, -0.05) is 0 Å². The number of carboxylic acid groups (broad SMARTS) is 1. The van der Waals surface area contributed by atoms with Crippen LogP contribution in [-0.2, 0) is 9.59 Å². The number of benzene rings is 1. The number of ether oxygens (including phenoxy) is 1. The van der Waals surface area contributed by atoms with Gasteiger partial charge < -0.3 is 15.2 Å². The van der Waals surface area contributed by atoms with Crippen LogP contribution < -0.4 is 10.1 Å². The molecule has 2 atom stereocenters. The topological polar surface area (TPSA) is 75.6 Å². The van der Waals surface area contributed by atoms with Crippen LogP contribution in [0.3, 0.4) is 0 Å². The van der Waals surface area contributed by atoms with Crippen molar-refractivity contribution in [3.63, 3.8) is 0 Å². The molecule has 0 saturated heterocycles. The van der Waals surface area contributed by atoms with Crippen molar-refractivity contribution in [2.24, 2.45) is 17.8 Å². The van der Waals surface area contributed by atoms with Gasteiger partial charge in [-0.25, -0.2) is 0 Å². The molecule has 1 amide bonds. The van der Waals surface area contributed by atoms with Crippen molar-refractivity contribution < 1.29 is 19.4 Å². The molecule has 0 spiro atoms. The number of carbonyl (C=O) groups is 2. The normalized spacial score (nSPS) is 24.0. The average molecular weight is 303 g/mol. The van der Waals surface area contributed by atoms with Gasteiger partial charge in [0.2, 0.25) is 5.91 Å². The maximum Gasteiger partial charge on any atom is 0.306 e. The fraction of sp³-hybridized carbons (Fsp3) is 0.529. The summed E-state index contributed by atoms with van der Waals surface area (Å²) < 4.78 is 5.65. The minimum absolute atomic E-state index is 0.0876. The molecule has 0 heterocycles. The first-order valence-corrected chi connectivity index (χ1v) is 7.88. The standard InChI is InChI=1S/C17H21NO4/c19-16(12-3-4-13(9-12)17(20)21)18-14-5-7-15(8-6-14)22-10-11-1-2-11/h5-8,11-13H,1-4,9-10H2,(H,18,19)(H,20,21)/t12-,13+/m0/s1. The summed E-state index contributed by atoms with van der Waals surface area (Å²) in [7, 11) is 0. The largest absolute Gasteiger partial charge is 0.493 e. The van der Waals surface area contributed by atoms with Crippen molar-refractivity contribution in [3.8, 4) is 5.75 Å². The van der Waals surface area contributed by atoms with Crippen LogP contribution in [0, 0.1) is 17.8 Å². The molecule has 0 bridgehead atoms. The van der Waals surface area contributed by atoms with Gasteiger partial charge in [-0.05, 0) is 62.3 Å². The third kappa shape index (κ3) is 3.78. The quantitative estimate of drug-likeness (QED) is 0.847. The van der Waals surface area contributed by atoms with E-state index in [2.05, 4.69) is 5.32 Å². The Morgan fingerprint density at radius 3 is 2.36 bits per heavy atom. The molecule has 0 aliphatic heterocycles. The van der Waals surface area contributed by atoms with Gasteiger partial charge in [-0.3, -0.25) is 9.59 Å². The lowest BCUT2D eigenvalue weighted by Gasteiger charge is -2.11. The Kier molecular flexibility index (Phi) is 4.32. The molecule has 5 nitrogen and oxygen atoms in total. The van der Waals surface area contributed by atoms with Crippen LogP contribution in [-0.4, -0.2) is 23.6 Å². The van der Waals surface area contributed by atoms with Gasteiger partial charge in [0.1, 0.15) is 5.75 Å². The number of nitrogens with one attached hydrogen (secondary N) is 1. The van der Waals surface area contributed by atoms with Crippen molar-refractivity contribution in [3.05, 3.63) is 24.3 Å². The first-order valence-electron chi connectivity index (χ1n) is 7.88. The highest BCUT2D eigenvalue weighted by molar-refractivity contribution is 5.93. The zero-order valence-electron chi connectivity index (χ0n) is 12.5. The summed E-state index contributed by atoms with van der Waals surface area (Å²) in [5.41, 5.74) is 0.725. The van der Waals surface area contributed by atoms with E-state index in [4.69, 9.17) is 9.84 Å². The zero-order chi connectivity index (χ0) is 15.5. The predicted molar refractivity (Wildman–Crippen MR) is 81.8 cm³/mol. The molecule has 2 saturated carbocycles. The lowest BCUT2D eigenvalue weighted by Crippen LogP contribution is -2.21. The SMILES string of the molecule is O=C(O)[C@@H]1CC[C@H](C(=O)Nc2ccc(OCC3CC3)cc2)C1. The lowest BCUT2D eigenvalue weighted by molar-refractivity contribution is -0.141. The van der Waals surface area contributed by atoms with Gasteiger partial charge in [0.05, 0.1) is 12.5 Å². The van der Waals surface area contributed by atoms with Crippen LogP contribution in [0.15, 0.2) is 24.3 Å². The molecule has 0 aromatic heterocycles. The molecule has 1 aromatic rings. The molecule has 2 aliphatic carbocycles. The Hall–Kier alpha value is -2.04. The van der Waals surface area contributed by atoms with Crippen LogP contribution in [0.1, 0.15) is 32.1 Å². The fourth-order valence-corrected chi connectivity index (χ4v) is 2.82. The van der Waals surface area contributed by atoms with Gasteiger partial charge in [-0.15, -0.1) is 0 Å². The first-order chi connectivity index (χ1) is 10.6. The summed E-state index contributed by atoms with van der Waals surface area (Å²) in [4.78, 5) is 23.1. The van der Waals surface area contributed by atoms with Crippen LogP contribution in [0.25, 0.3) is 0 Å². The van der Waals surface area contributed by atoms with Crippen molar-refractivity contribution in [1.29, 1.82) is 0 Å². The lowest BCUT2D eigenvalue weighted by atomic mass is 10.0. The van der Waals surface area contributed by atoms with E-state index in [0.29, 0.717) is 25.2 Å². The highest BCUT2D eigenvalue weighted by Gasteiger charge is 2.33. The number of hydrogen-bond acceptors (Lipinski definition) is 3. The molecule has 3 rings (SSSR count). The summed E-state index contributed by atoms with van der Waals surface area (Å²) in [5, 5.41) is 11.8. The van der Waals surface area contributed by atoms with E-state index in [1.807, 2.05) is 24.3 Å². The second-order valence-corrected chi connectivity index (χ2v) is 6.31. The Morgan fingerprint density at radius 2 is 1.77 bits per heavy atom. The van der Waals surface area contributed by atoms with E-state index in [9.17, 15) is 9.59 Å². The highest BCUT2D eigenvalue weighted by Crippen LogP contribution is 2.32. The van der Waals surface area contributed by atoms with Crippen molar-refractivity contribution in [1.82, 2.24) is 0 Å². The second kappa shape index (κ2) is 6.38. The van der Waals surface area contributed by atoms with E-state index in [1.54, 1.807) is 0 Å². The first kappa shape index (κ1) is 14.9. The Labute approximate surface area is 129 Å². The van der Waals surface area contributed by atoms with E-state index >= 15 is 0 Å². The average Bonchev–Trinajstić information content (AvgIpc) is 3.19. The molecule has 2 N–H and O–H groups in total. The number of aliphatic carboxylic acids is 1. The number of rotatable bonds is 6. The summed E-state index contributed by atoms with van der Waals surface area (Å²) in [6.07, 6.45) is 4.18. The van der Waals surface area contributed by atoms with Gasteiger partial charge >= 0.3 is 5.97 Å². The summed E-state index contributed by atoms with van der Waals surface area (Å²) in [5.74, 6) is 0.0596. The third-order valence-corrected chi connectivity index (χ3v) is 4.46. The Morgan fingerprint density at radius 1 is 1.09 bits per heavy atom. The second-order valence-electron chi connectivity index (χ2n) is 6.31. The van der Waals surface area contributed by atoms with Crippen molar-refractivity contribution in [2.75, 3.05) is 11.9 Å².